The zero-order valence-electron chi connectivity index (χ0n) is 19.8. The second kappa shape index (κ2) is 11.0. The minimum absolute atomic E-state index is 0.557. The predicted octanol–water partition coefficient (Wildman–Crippen LogP) is 6.30. The number of benzene rings is 3. The van der Waals surface area contributed by atoms with Crippen molar-refractivity contribution in [3.63, 3.8) is 0 Å². The summed E-state index contributed by atoms with van der Waals surface area (Å²) in [5.41, 5.74) is 14.2. The smallest absolute Gasteiger partial charge is 0.122 e. The van der Waals surface area contributed by atoms with Crippen molar-refractivity contribution in [3.8, 4) is 28.0 Å². The van der Waals surface area contributed by atoms with Crippen LogP contribution in [0, 0.1) is 13.8 Å². The van der Waals surface area contributed by atoms with Gasteiger partial charge >= 0.3 is 0 Å². The van der Waals surface area contributed by atoms with Crippen LogP contribution in [0.1, 0.15) is 36.0 Å². The Labute approximate surface area is 197 Å². The summed E-state index contributed by atoms with van der Waals surface area (Å²) in [5, 5.41) is 0. The second-order valence-corrected chi connectivity index (χ2v) is 9.03. The van der Waals surface area contributed by atoms with Gasteiger partial charge in [0.25, 0.3) is 0 Å². The zero-order valence-corrected chi connectivity index (χ0v) is 19.8. The minimum atomic E-state index is -0.616. The van der Waals surface area contributed by atoms with Crippen LogP contribution in [0.25, 0.3) is 22.3 Å². The minimum Gasteiger partial charge on any atom is -0.493 e. The van der Waals surface area contributed by atoms with Gasteiger partial charge in [0.1, 0.15) is 11.9 Å². The Bertz CT molecular complexity index is 1060. The summed E-state index contributed by atoms with van der Waals surface area (Å²) in [5.74, 6) is 0.937. The topological polar surface area (TPSA) is 38.5 Å². The number of nitrogens with two attached hydrogens (primary N) is 1. The lowest BCUT2D eigenvalue weighted by molar-refractivity contribution is 0.143. The van der Waals surface area contributed by atoms with Crippen LogP contribution in [0.4, 0.5) is 4.39 Å². The van der Waals surface area contributed by atoms with Crippen LogP contribution in [0.15, 0.2) is 60.7 Å². The van der Waals surface area contributed by atoms with Crippen LogP contribution in [-0.4, -0.2) is 37.3 Å². The molecule has 3 aromatic carbocycles. The molecule has 0 radical (unpaired) electrons. The number of rotatable bonds is 8. The quantitative estimate of drug-likeness (QED) is 0.413. The lowest BCUT2D eigenvalue weighted by Gasteiger charge is -2.28. The Morgan fingerprint density at radius 2 is 1.52 bits per heavy atom. The molecule has 0 aliphatic carbocycles. The third kappa shape index (κ3) is 5.63. The van der Waals surface area contributed by atoms with Gasteiger partial charge in [0.05, 0.1) is 6.61 Å². The number of hydrogen-bond acceptors (Lipinski definition) is 3. The van der Waals surface area contributed by atoms with Crippen molar-refractivity contribution in [2.75, 3.05) is 26.2 Å². The standard InChI is InChI=1S/C29H35FN2O/c1-21-26(24-12-10-23(20-31)11-13-24)6-3-7-27(21)28-8-4-9-29(22(28)2)33-19-5-16-32-17-14-25(30)15-18-32/h3-4,6-13,25H,5,14-20,31H2,1-2H3. The Hall–Kier alpha value is -2.69. The van der Waals surface area contributed by atoms with Crippen molar-refractivity contribution < 1.29 is 9.13 Å². The van der Waals surface area contributed by atoms with Gasteiger partial charge in [-0.15, -0.1) is 0 Å². The lowest BCUT2D eigenvalue weighted by atomic mass is 9.90. The van der Waals surface area contributed by atoms with Crippen molar-refractivity contribution >= 4 is 0 Å². The molecule has 0 spiro atoms. The van der Waals surface area contributed by atoms with E-state index in [0.29, 0.717) is 26.0 Å². The Balaban J connectivity index is 1.46. The summed E-state index contributed by atoms with van der Waals surface area (Å²) in [6.45, 7) is 8.25. The van der Waals surface area contributed by atoms with E-state index in [2.05, 4.69) is 79.4 Å². The summed E-state index contributed by atoms with van der Waals surface area (Å²) >= 11 is 0. The molecule has 1 saturated heterocycles. The summed E-state index contributed by atoms with van der Waals surface area (Å²) in [6.07, 6.45) is 1.67. The van der Waals surface area contributed by atoms with Crippen LogP contribution in [-0.2, 0) is 6.54 Å². The molecule has 33 heavy (non-hydrogen) atoms. The molecule has 1 heterocycles. The van der Waals surface area contributed by atoms with Gasteiger partial charge in [-0.3, -0.25) is 0 Å². The number of alkyl halides is 1. The van der Waals surface area contributed by atoms with Gasteiger partial charge in [-0.1, -0.05) is 54.6 Å². The Kier molecular flexibility index (Phi) is 7.79. The molecule has 4 rings (SSSR count). The van der Waals surface area contributed by atoms with E-state index in [-0.39, 0.29) is 0 Å². The maximum Gasteiger partial charge on any atom is 0.122 e. The van der Waals surface area contributed by atoms with Gasteiger partial charge < -0.3 is 15.4 Å². The fourth-order valence-electron chi connectivity index (χ4n) is 4.72. The maximum absolute atomic E-state index is 13.3. The first kappa shape index (κ1) is 23.5. The normalized spacial score (nSPS) is 15.0. The van der Waals surface area contributed by atoms with E-state index < -0.39 is 6.17 Å². The Morgan fingerprint density at radius 1 is 0.879 bits per heavy atom. The molecule has 1 aliphatic rings. The summed E-state index contributed by atoms with van der Waals surface area (Å²) < 4.78 is 19.5. The van der Waals surface area contributed by atoms with Crippen LogP contribution in [0.2, 0.25) is 0 Å². The zero-order chi connectivity index (χ0) is 23.2. The van der Waals surface area contributed by atoms with Gasteiger partial charge in [0.15, 0.2) is 0 Å². The average Bonchev–Trinajstić information content (AvgIpc) is 2.84. The highest BCUT2D eigenvalue weighted by atomic mass is 19.1. The molecule has 0 amide bonds. The molecule has 4 heteroatoms. The third-order valence-corrected chi connectivity index (χ3v) is 6.80. The average molecular weight is 447 g/mol. The summed E-state index contributed by atoms with van der Waals surface area (Å²) in [4.78, 5) is 2.34. The van der Waals surface area contributed by atoms with E-state index in [9.17, 15) is 4.39 Å². The van der Waals surface area contributed by atoms with Gasteiger partial charge in [-0.05, 0) is 78.1 Å². The Morgan fingerprint density at radius 3 is 2.21 bits per heavy atom. The van der Waals surface area contributed by atoms with E-state index in [1.807, 2.05) is 0 Å². The van der Waals surface area contributed by atoms with Crippen LogP contribution < -0.4 is 10.5 Å². The molecule has 0 saturated carbocycles. The predicted molar refractivity (Wildman–Crippen MR) is 135 cm³/mol. The van der Waals surface area contributed by atoms with Crippen LogP contribution >= 0.6 is 0 Å². The fourth-order valence-corrected chi connectivity index (χ4v) is 4.72. The van der Waals surface area contributed by atoms with Crippen molar-refractivity contribution in [1.29, 1.82) is 0 Å². The molecule has 0 unspecified atom stereocenters. The molecule has 0 bridgehead atoms. The number of nitrogens with zero attached hydrogens (tertiary/aromatic N) is 1. The largest absolute Gasteiger partial charge is 0.493 e. The molecular formula is C29H35FN2O. The molecule has 174 valence electrons. The number of ether oxygens (including phenoxy) is 1. The first-order valence-electron chi connectivity index (χ1n) is 12.0. The van der Waals surface area contributed by atoms with Crippen LogP contribution in [0.3, 0.4) is 0 Å². The molecule has 0 aromatic heterocycles. The summed E-state index contributed by atoms with van der Waals surface area (Å²) in [7, 11) is 0. The highest BCUT2D eigenvalue weighted by molar-refractivity contribution is 5.80. The van der Waals surface area contributed by atoms with Gasteiger partial charge in [-0.25, -0.2) is 4.39 Å². The van der Waals surface area contributed by atoms with Gasteiger partial charge in [0, 0.05) is 26.2 Å². The maximum atomic E-state index is 13.3. The first-order valence-corrected chi connectivity index (χ1v) is 12.0. The van der Waals surface area contributed by atoms with E-state index in [1.54, 1.807) is 0 Å². The van der Waals surface area contributed by atoms with Gasteiger partial charge in [0.2, 0.25) is 0 Å². The van der Waals surface area contributed by atoms with Gasteiger partial charge in [-0.2, -0.15) is 0 Å². The molecule has 0 atom stereocenters. The van der Waals surface area contributed by atoms with Crippen molar-refractivity contribution in [1.82, 2.24) is 4.90 Å². The van der Waals surface area contributed by atoms with E-state index in [0.717, 1.165) is 42.9 Å². The SMILES string of the molecule is Cc1c(OCCCN2CCC(F)CC2)cccc1-c1cccc(-c2ccc(CN)cc2)c1C. The highest BCUT2D eigenvalue weighted by Gasteiger charge is 2.18. The number of likely N-dealkylation sites (tertiary alicyclic amines) is 1. The molecule has 1 fully saturated rings. The fraction of sp³-hybridized carbons (Fsp3) is 0.379. The molecule has 3 aromatic rings. The third-order valence-electron chi connectivity index (χ3n) is 6.80. The monoisotopic (exact) mass is 446 g/mol. The molecule has 3 nitrogen and oxygen atoms in total. The highest BCUT2D eigenvalue weighted by Crippen LogP contribution is 2.36. The number of hydrogen-bond donors (Lipinski definition) is 1. The molecular weight excluding hydrogens is 411 g/mol. The van der Waals surface area contributed by atoms with E-state index in [1.165, 1.54) is 27.8 Å². The molecule has 1 aliphatic heterocycles. The first-order chi connectivity index (χ1) is 16.1. The lowest BCUT2D eigenvalue weighted by Crippen LogP contribution is -2.35. The summed E-state index contributed by atoms with van der Waals surface area (Å²) in [6, 6.07) is 21.3. The number of piperidine rings is 1. The van der Waals surface area contributed by atoms with Crippen molar-refractivity contribution in [2.45, 2.75) is 45.8 Å². The van der Waals surface area contributed by atoms with E-state index >= 15 is 0 Å². The van der Waals surface area contributed by atoms with E-state index in [4.69, 9.17) is 10.5 Å². The van der Waals surface area contributed by atoms with Crippen LogP contribution in [0.5, 0.6) is 5.75 Å². The number of halogens is 1. The molecule has 2 N–H and O–H groups in total. The van der Waals surface area contributed by atoms with Crippen molar-refractivity contribution in [2.24, 2.45) is 5.73 Å². The second-order valence-electron chi connectivity index (χ2n) is 9.03. The van der Waals surface area contributed by atoms with Crippen molar-refractivity contribution in [3.05, 3.63) is 77.4 Å².